The fourth-order valence-corrected chi connectivity index (χ4v) is 4.07. The van der Waals surface area contributed by atoms with Crippen LogP contribution in [0, 0.1) is 0 Å². The van der Waals surface area contributed by atoms with E-state index in [1.165, 1.54) is 5.06 Å². The van der Waals surface area contributed by atoms with E-state index < -0.39 is 6.04 Å². The number of H-pyrrole nitrogens is 2. The maximum atomic E-state index is 12.7. The number of hydrogen-bond acceptors (Lipinski definition) is 5. The molecule has 2 aromatic heterocycles. The Bertz CT molecular complexity index is 1000. The van der Waals surface area contributed by atoms with Crippen molar-refractivity contribution in [3.05, 3.63) is 53.0 Å². The van der Waals surface area contributed by atoms with Crippen molar-refractivity contribution in [1.82, 2.24) is 25.1 Å². The lowest BCUT2D eigenvalue weighted by molar-refractivity contribution is -0.113. The Balaban J connectivity index is 1.43. The Morgan fingerprint density at radius 2 is 2.18 bits per heavy atom. The van der Waals surface area contributed by atoms with E-state index in [0.29, 0.717) is 38.4 Å². The van der Waals surface area contributed by atoms with Crippen LogP contribution in [0.25, 0.3) is 10.9 Å². The molecule has 1 atom stereocenters. The molecule has 0 spiro atoms. The van der Waals surface area contributed by atoms with Gasteiger partial charge < -0.3 is 9.78 Å². The Morgan fingerprint density at radius 3 is 2.96 bits per heavy atom. The van der Waals surface area contributed by atoms with Crippen molar-refractivity contribution in [2.24, 2.45) is 0 Å². The molecule has 2 aliphatic heterocycles. The third-order valence-electron chi connectivity index (χ3n) is 5.54. The van der Waals surface area contributed by atoms with Crippen LogP contribution in [0.1, 0.15) is 39.9 Å². The first-order chi connectivity index (χ1) is 13.7. The molecule has 0 aliphatic carbocycles. The van der Waals surface area contributed by atoms with Crippen molar-refractivity contribution in [3.8, 4) is 0 Å². The van der Waals surface area contributed by atoms with Crippen LogP contribution in [-0.4, -0.2) is 57.0 Å². The van der Waals surface area contributed by atoms with Gasteiger partial charge in [-0.2, -0.15) is 5.10 Å². The van der Waals surface area contributed by atoms with E-state index in [-0.39, 0.29) is 5.91 Å². The SMILES string of the molecule is O=CC(c1cc2ccccc2[nH]1)N1CCc2[nH]nc(C(=O)N3CCCO3)c2C1. The van der Waals surface area contributed by atoms with Gasteiger partial charge in [0.1, 0.15) is 12.3 Å². The number of benzene rings is 1. The van der Waals surface area contributed by atoms with Gasteiger partial charge in [-0.15, -0.1) is 0 Å². The van der Waals surface area contributed by atoms with E-state index in [9.17, 15) is 9.59 Å². The zero-order valence-corrected chi connectivity index (χ0v) is 15.4. The minimum Gasteiger partial charge on any atom is -0.357 e. The second-order valence-corrected chi connectivity index (χ2v) is 7.24. The number of para-hydroxylation sites is 1. The van der Waals surface area contributed by atoms with Crippen LogP contribution in [0.4, 0.5) is 0 Å². The summed E-state index contributed by atoms with van der Waals surface area (Å²) in [7, 11) is 0. The molecular weight excluding hydrogens is 358 g/mol. The van der Waals surface area contributed by atoms with Gasteiger partial charge in [0.25, 0.3) is 5.91 Å². The van der Waals surface area contributed by atoms with E-state index in [1.54, 1.807) is 0 Å². The van der Waals surface area contributed by atoms with Crippen LogP contribution >= 0.6 is 0 Å². The van der Waals surface area contributed by atoms with Gasteiger partial charge in [-0.05, 0) is 23.9 Å². The maximum Gasteiger partial charge on any atom is 0.298 e. The molecule has 1 aromatic carbocycles. The lowest BCUT2D eigenvalue weighted by atomic mass is 10.0. The second kappa shape index (κ2) is 6.88. The Hall–Kier alpha value is -2.97. The number of aldehydes is 1. The fraction of sp³-hybridized carbons (Fsp3) is 0.350. The van der Waals surface area contributed by atoms with Gasteiger partial charge >= 0.3 is 0 Å². The lowest BCUT2D eigenvalue weighted by Gasteiger charge is -2.31. The summed E-state index contributed by atoms with van der Waals surface area (Å²) in [5, 5.41) is 9.70. The highest BCUT2D eigenvalue weighted by Gasteiger charge is 2.33. The van der Waals surface area contributed by atoms with Crippen LogP contribution < -0.4 is 0 Å². The minimum atomic E-state index is -0.401. The highest BCUT2D eigenvalue weighted by atomic mass is 16.7. The Kier molecular flexibility index (Phi) is 4.22. The summed E-state index contributed by atoms with van der Waals surface area (Å²) in [6.07, 6.45) is 2.50. The summed E-state index contributed by atoms with van der Waals surface area (Å²) >= 11 is 0. The first-order valence-corrected chi connectivity index (χ1v) is 9.52. The Morgan fingerprint density at radius 1 is 1.29 bits per heavy atom. The zero-order valence-electron chi connectivity index (χ0n) is 15.4. The molecule has 0 saturated carbocycles. The van der Waals surface area contributed by atoms with Crippen LogP contribution in [0.15, 0.2) is 30.3 Å². The lowest BCUT2D eigenvalue weighted by Crippen LogP contribution is -2.36. The zero-order chi connectivity index (χ0) is 19.1. The molecule has 2 aliphatic rings. The summed E-state index contributed by atoms with van der Waals surface area (Å²) in [6, 6.07) is 9.58. The first-order valence-electron chi connectivity index (χ1n) is 9.52. The number of carbonyl (C=O) groups is 2. The minimum absolute atomic E-state index is 0.217. The number of fused-ring (bicyclic) bond motifs is 2. The van der Waals surface area contributed by atoms with Gasteiger partial charge in [0, 0.05) is 42.0 Å². The molecule has 0 bridgehead atoms. The number of nitrogens with one attached hydrogen (secondary N) is 2. The van der Waals surface area contributed by atoms with E-state index >= 15 is 0 Å². The number of amides is 1. The number of hydrogen-bond donors (Lipinski definition) is 2. The van der Waals surface area contributed by atoms with Gasteiger partial charge in [0.05, 0.1) is 13.2 Å². The standard InChI is InChI=1S/C20H21N5O3/c26-12-18(17-10-13-4-1-2-5-15(13)21-17)24-8-6-16-14(11-24)19(23-22-16)20(27)25-7-3-9-28-25/h1-2,4-5,10,12,18,21H,3,6-9,11H2,(H,22,23). The summed E-state index contributed by atoms with van der Waals surface area (Å²) in [6.45, 7) is 2.33. The fourth-order valence-electron chi connectivity index (χ4n) is 4.07. The van der Waals surface area contributed by atoms with Crippen LogP contribution in [0.3, 0.4) is 0 Å². The number of aromatic nitrogens is 3. The average molecular weight is 379 g/mol. The van der Waals surface area contributed by atoms with Crippen molar-refractivity contribution < 1.29 is 14.4 Å². The molecule has 2 N–H and O–H groups in total. The molecule has 4 heterocycles. The molecular formula is C20H21N5O3. The maximum absolute atomic E-state index is 12.7. The average Bonchev–Trinajstić information content (AvgIpc) is 3.46. The number of hydroxylamine groups is 2. The molecule has 8 nitrogen and oxygen atoms in total. The highest BCUT2D eigenvalue weighted by Crippen LogP contribution is 2.29. The predicted octanol–water partition coefficient (Wildman–Crippen LogP) is 1.97. The van der Waals surface area contributed by atoms with Crippen LogP contribution in [-0.2, 0) is 22.6 Å². The van der Waals surface area contributed by atoms with Crippen LogP contribution in [0.2, 0.25) is 0 Å². The van der Waals surface area contributed by atoms with Crippen molar-refractivity contribution >= 4 is 23.1 Å². The van der Waals surface area contributed by atoms with Gasteiger partial charge in [0.2, 0.25) is 0 Å². The molecule has 28 heavy (non-hydrogen) atoms. The summed E-state index contributed by atoms with van der Waals surface area (Å²) in [5.41, 5.74) is 4.07. The smallest absolute Gasteiger partial charge is 0.298 e. The normalized spacial score (nSPS) is 18.4. The number of rotatable bonds is 4. The molecule has 0 radical (unpaired) electrons. The number of aromatic amines is 2. The predicted molar refractivity (Wildman–Crippen MR) is 101 cm³/mol. The monoisotopic (exact) mass is 379 g/mol. The largest absolute Gasteiger partial charge is 0.357 e. The number of carbonyl (C=O) groups excluding carboxylic acids is 2. The molecule has 1 saturated heterocycles. The first kappa shape index (κ1) is 17.2. The van der Waals surface area contributed by atoms with Crippen LogP contribution in [0.5, 0.6) is 0 Å². The quantitative estimate of drug-likeness (QED) is 0.676. The molecule has 144 valence electrons. The Labute approximate surface area is 161 Å². The second-order valence-electron chi connectivity index (χ2n) is 7.24. The number of nitrogens with zero attached hydrogens (tertiary/aromatic N) is 3. The molecule has 1 unspecified atom stereocenters. The van der Waals surface area contributed by atoms with E-state index in [1.807, 2.05) is 30.3 Å². The van der Waals surface area contributed by atoms with Crippen molar-refractivity contribution in [2.45, 2.75) is 25.4 Å². The molecule has 1 fully saturated rings. The van der Waals surface area contributed by atoms with Gasteiger partial charge in [-0.1, -0.05) is 18.2 Å². The van der Waals surface area contributed by atoms with Crippen molar-refractivity contribution in [1.29, 1.82) is 0 Å². The van der Waals surface area contributed by atoms with Crippen molar-refractivity contribution in [3.63, 3.8) is 0 Å². The van der Waals surface area contributed by atoms with E-state index in [0.717, 1.165) is 40.6 Å². The third-order valence-corrected chi connectivity index (χ3v) is 5.54. The van der Waals surface area contributed by atoms with Gasteiger partial charge in [-0.25, -0.2) is 5.06 Å². The van der Waals surface area contributed by atoms with Gasteiger partial charge in [0.15, 0.2) is 5.69 Å². The summed E-state index contributed by atoms with van der Waals surface area (Å²) in [4.78, 5) is 35.5. The molecule has 8 heteroatoms. The third kappa shape index (κ3) is 2.81. The molecule has 3 aromatic rings. The summed E-state index contributed by atoms with van der Waals surface area (Å²) < 4.78 is 0. The van der Waals surface area contributed by atoms with Gasteiger partial charge in [-0.3, -0.25) is 19.6 Å². The summed E-state index contributed by atoms with van der Waals surface area (Å²) in [5.74, 6) is -0.217. The topological polar surface area (TPSA) is 94.3 Å². The van der Waals surface area contributed by atoms with E-state index in [4.69, 9.17) is 4.84 Å². The van der Waals surface area contributed by atoms with E-state index in [2.05, 4.69) is 20.1 Å². The highest BCUT2D eigenvalue weighted by molar-refractivity contribution is 5.93. The molecule has 5 rings (SSSR count). The molecule has 1 amide bonds. The van der Waals surface area contributed by atoms with Crippen molar-refractivity contribution in [2.75, 3.05) is 19.7 Å².